The van der Waals surface area contributed by atoms with Crippen LogP contribution in [0, 0.1) is 0 Å². The number of nitrogens with zero attached hydrogens (tertiary/aromatic N) is 1. The maximum atomic E-state index is 12.2. The van der Waals surface area contributed by atoms with Crippen LogP contribution in [-0.2, 0) is 16.0 Å². The van der Waals surface area contributed by atoms with Crippen molar-refractivity contribution in [1.29, 1.82) is 0 Å². The largest absolute Gasteiger partial charge is 0.330 e. The van der Waals surface area contributed by atoms with Crippen LogP contribution in [0.1, 0.15) is 12.5 Å². The molecule has 1 aliphatic heterocycles. The fourth-order valence-electron chi connectivity index (χ4n) is 2.71. The molecule has 1 saturated heterocycles. The molecule has 2 N–H and O–H groups in total. The predicted octanol–water partition coefficient (Wildman–Crippen LogP) is 0.153. The monoisotopic (exact) mass is 324 g/mol. The summed E-state index contributed by atoms with van der Waals surface area (Å²) in [6.07, 6.45) is 0.891. The Morgan fingerprint density at radius 2 is 1.95 bits per heavy atom. The van der Waals surface area contributed by atoms with Gasteiger partial charge in [-0.3, -0.25) is 9.59 Å². The topological polar surface area (TPSA) is 53.9 Å². The lowest BCUT2D eigenvalue weighted by Gasteiger charge is -2.31. The fourth-order valence-corrected chi connectivity index (χ4v) is 2.87. The van der Waals surface area contributed by atoms with Gasteiger partial charge in [-0.25, -0.2) is 0 Å². The van der Waals surface area contributed by atoms with Gasteiger partial charge in [0.15, 0.2) is 6.54 Å². The van der Waals surface area contributed by atoms with Gasteiger partial charge in [-0.15, -0.1) is 11.6 Å². The lowest BCUT2D eigenvalue weighted by molar-refractivity contribution is -0.895. The average molecular weight is 325 g/mol. The second-order valence-electron chi connectivity index (χ2n) is 5.50. The number of hydrogen-bond donors (Lipinski definition) is 2. The third kappa shape index (κ3) is 4.45. The number of amides is 2. The van der Waals surface area contributed by atoms with Crippen molar-refractivity contribution >= 4 is 29.1 Å². The van der Waals surface area contributed by atoms with E-state index in [-0.39, 0.29) is 17.7 Å². The van der Waals surface area contributed by atoms with E-state index in [4.69, 9.17) is 11.6 Å². The Hall–Kier alpha value is -1.59. The molecule has 1 fully saturated rings. The van der Waals surface area contributed by atoms with Gasteiger partial charge in [0.1, 0.15) is 5.88 Å². The van der Waals surface area contributed by atoms with Gasteiger partial charge >= 0.3 is 0 Å². The number of carbonyl (C=O) groups excluding carboxylic acids is 2. The fraction of sp³-hybridized carbons (Fsp3) is 0.500. The minimum Gasteiger partial charge on any atom is -0.330 e. The first-order valence-corrected chi connectivity index (χ1v) is 8.22. The summed E-state index contributed by atoms with van der Waals surface area (Å²) in [5.74, 6) is 0.0268. The van der Waals surface area contributed by atoms with Crippen LogP contribution in [0.15, 0.2) is 24.3 Å². The normalized spacial score (nSPS) is 15.6. The summed E-state index contributed by atoms with van der Waals surface area (Å²) in [6, 6.07) is 7.87. The summed E-state index contributed by atoms with van der Waals surface area (Å²) in [4.78, 5) is 26.7. The summed E-state index contributed by atoms with van der Waals surface area (Å²) in [5, 5.41) is 2.99. The van der Waals surface area contributed by atoms with E-state index in [9.17, 15) is 9.59 Å². The highest BCUT2D eigenvalue weighted by atomic mass is 35.5. The molecule has 0 atom stereocenters. The second kappa shape index (κ2) is 8.15. The molecule has 1 heterocycles. The molecule has 0 spiro atoms. The number of anilines is 1. The molecular formula is C16H23ClN3O2+. The van der Waals surface area contributed by atoms with E-state index in [1.54, 1.807) is 4.90 Å². The molecule has 1 aromatic carbocycles. The predicted molar refractivity (Wildman–Crippen MR) is 87.3 cm³/mol. The van der Waals surface area contributed by atoms with E-state index in [1.165, 1.54) is 4.90 Å². The number of carbonyl (C=O) groups is 2. The van der Waals surface area contributed by atoms with Gasteiger partial charge < -0.3 is 15.1 Å². The Kier molecular flexibility index (Phi) is 6.21. The zero-order valence-electron chi connectivity index (χ0n) is 12.9. The van der Waals surface area contributed by atoms with E-state index in [0.29, 0.717) is 19.6 Å². The molecule has 0 unspecified atom stereocenters. The standard InChI is InChI=1S/C16H22ClN3O2/c1-2-13-5-3-4-6-14(13)18-15(21)12-19-7-9-20(10-8-19)16(22)11-17/h3-6H,2,7-12H2,1H3,(H,18,21)/p+1. The maximum Gasteiger partial charge on any atom is 0.279 e. The molecule has 1 aliphatic rings. The summed E-state index contributed by atoms with van der Waals surface area (Å²) in [6.45, 7) is 5.40. The van der Waals surface area contributed by atoms with Gasteiger partial charge in [-0.1, -0.05) is 25.1 Å². The van der Waals surface area contributed by atoms with E-state index in [1.807, 2.05) is 24.3 Å². The molecule has 2 amide bonds. The summed E-state index contributed by atoms with van der Waals surface area (Å²) in [7, 11) is 0. The molecule has 22 heavy (non-hydrogen) atoms. The number of aryl methyl sites for hydroxylation is 1. The Labute approximate surface area is 136 Å². The Morgan fingerprint density at radius 3 is 2.59 bits per heavy atom. The highest BCUT2D eigenvalue weighted by Gasteiger charge is 2.24. The second-order valence-corrected chi connectivity index (χ2v) is 5.77. The van der Waals surface area contributed by atoms with Gasteiger partial charge in [-0.2, -0.15) is 0 Å². The zero-order valence-corrected chi connectivity index (χ0v) is 13.7. The van der Waals surface area contributed by atoms with E-state index in [2.05, 4.69) is 12.2 Å². The van der Waals surface area contributed by atoms with Crippen molar-refractivity contribution in [3.05, 3.63) is 29.8 Å². The van der Waals surface area contributed by atoms with Crippen LogP contribution in [0.5, 0.6) is 0 Å². The molecule has 6 heteroatoms. The first-order valence-electron chi connectivity index (χ1n) is 7.69. The Balaban J connectivity index is 1.82. The van der Waals surface area contributed by atoms with Gasteiger partial charge in [0.25, 0.3) is 5.91 Å². The van der Waals surface area contributed by atoms with Crippen LogP contribution in [0.25, 0.3) is 0 Å². The van der Waals surface area contributed by atoms with Crippen molar-refractivity contribution in [3.8, 4) is 0 Å². The van der Waals surface area contributed by atoms with Crippen molar-refractivity contribution in [2.45, 2.75) is 13.3 Å². The first kappa shape index (κ1) is 16.8. The van der Waals surface area contributed by atoms with E-state index in [0.717, 1.165) is 30.8 Å². The number of alkyl halides is 1. The van der Waals surface area contributed by atoms with Crippen LogP contribution in [0.4, 0.5) is 5.69 Å². The van der Waals surface area contributed by atoms with Crippen LogP contribution < -0.4 is 10.2 Å². The molecule has 0 aliphatic carbocycles. The Bertz CT molecular complexity index is 528. The maximum absolute atomic E-state index is 12.2. The van der Waals surface area contributed by atoms with Crippen LogP contribution in [0.2, 0.25) is 0 Å². The van der Waals surface area contributed by atoms with Crippen LogP contribution in [0.3, 0.4) is 0 Å². The molecule has 2 rings (SSSR count). The highest BCUT2D eigenvalue weighted by Crippen LogP contribution is 2.14. The van der Waals surface area contributed by atoms with Crippen molar-refractivity contribution in [3.63, 3.8) is 0 Å². The van der Waals surface area contributed by atoms with Gasteiger partial charge in [0.05, 0.1) is 26.2 Å². The Morgan fingerprint density at radius 1 is 1.27 bits per heavy atom. The minimum atomic E-state index is -0.0259. The van der Waals surface area contributed by atoms with Gasteiger partial charge in [0, 0.05) is 5.69 Å². The number of para-hydroxylation sites is 1. The molecule has 0 aromatic heterocycles. The number of rotatable bonds is 5. The average Bonchev–Trinajstić information content (AvgIpc) is 2.55. The molecule has 0 saturated carbocycles. The lowest BCUT2D eigenvalue weighted by atomic mass is 10.1. The van der Waals surface area contributed by atoms with Gasteiger partial charge in [-0.05, 0) is 18.1 Å². The third-order valence-electron chi connectivity index (χ3n) is 4.02. The van der Waals surface area contributed by atoms with Crippen LogP contribution in [-0.4, -0.2) is 55.3 Å². The first-order chi connectivity index (χ1) is 10.6. The molecule has 5 nitrogen and oxygen atoms in total. The van der Waals surface area contributed by atoms with Crippen molar-refractivity contribution in [1.82, 2.24) is 4.90 Å². The number of quaternary nitrogens is 1. The van der Waals surface area contributed by atoms with Gasteiger partial charge in [0.2, 0.25) is 5.91 Å². The number of nitrogens with one attached hydrogen (secondary N) is 2. The zero-order chi connectivity index (χ0) is 15.9. The van der Waals surface area contributed by atoms with E-state index < -0.39 is 0 Å². The lowest BCUT2D eigenvalue weighted by Crippen LogP contribution is -3.15. The minimum absolute atomic E-state index is 0.0213. The molecule has 0 bridgehead atoms. The number of piperazine rings is 1. The van der Waals surface area contributed by atoms with Crippen molar-refractivity contribution in [2.24, 2.45) is 0 Å². The summed E-state index contributed by atoms with van der Waals surface area (Å²) in [5.41, 5.74) is 2.04. The SMILES string of the molecule is CCc1ccccc1NC(=O)C[NH+]1CCN(C(=O)CCl)CC1. The quantitative estimate of drug-likeness (QED) is 0.758. The highest BCUT2D eigenvalue weighted by molar-refractivity contribution is 6.27. The van der Waals surface area contributed by atoms with Crippen molar-refractivity contribution < 1.29 is 14.5 Å². The third-order valence-corrected chi connectivity index (χ3v) is 4.25. The number of hydrogen-bond acceptors (Lipinski definition) is 2. The smallest absolute Gasteiger partial charge is 0.279 e. The van der Waals surface area contributed by atoms with Crippen molar-refractivity contribution in [2.75, 3.05) is 43.9 Å². The molecular weight excluding hydrogens is 302 g/mol. The molecule has 0 radical (unpaired) electrons. The number of benzene rings is 1. The summed E-state index contributed by atoms with van der Waals surface area (Å²) < 4.78 is 0. The van der Waals surface area contributed by atoms with Crippen LogP contribution >= 0.6 is 11.6 Å². The molecule has 120 valence electrons. The molecule has 1 aromatic rings. The number of halogens is 1. The summed E-state index contributed by atoms with van der Waals surface area (Å²) >= 11 is 5.56. The van der Waals surface area contributed by atoms with E-state index >= 15 is 0 Å².